The number of fused-ring (bicyclic) bond motifs is 1. The van der Waals surface area contributed by atoms with Crippen molar-refractivity contribution < 1.29 is 18.0 Å². The molecule has 0 bridgehead atoms. The highest BCUT2D eigenvalue weighted by molar-refractivity contribution is 8.00. The fourth-order valence-corrected chi connectivity index (χ4v) is 3.96. The van der Waals surface area contributed by atoms with Crippen LogP contribution in [0.25, 0.3) is 0 Å². The van der Waals surface area contributed by atoms with Crippen LogP contribution in [-0.2, 0) is 13.2 Å². The van der Waals surface area contributed by atoms with Gasteiger partial charge in [0.25, 0.3) is 5.91 Å². The van der Waals surface area contributed by atoms with Gasteiger partial charge in [-0.3, -0.25) is 9.48 Å². The second kappa shape index (κ2) is 6.40. The molecular weight excluding hydrogens is 351 g/mol. The van der Waals surface area contributed by atoms with Gasteiger partial charge in [-0.1, -0.05) is 6.92 Å². The summed E-state index contributed by atoms with van der Waals surface area (Å²) >= 11 is 1.49. The van der Waals surface area contributed by atoms with Crippen LogP contribution in [0.5, 0.6) is 0 Å². The zero-order valence-corrected chi connectivity index (χ0v) is 14.9. The highest BCUT2D eigenvalue weighted by Crippen LogP contribution is 2.41. The van der Waals surface area contributed by atoms with E-state index in [1.165, 1.54) is 27.4 Å². The fraction of sp³-hybridized carbons (Fsp3) is 0.412. The Labute approximate surface area is 148 Å². The molecule has 8 heteroatoms. The minimum atomic E-state index is -4.45. The third-order valence-corrected chi connectivity index (χ3v) is 5.37. The average molecular weight is 369 g/mol. The van der Waals surface area contributed by atoms with Crippen LogP contribution in [0.3, 0.4) is 0 Å². The lowest BCUT2D eigenvalue weighted by molar-refractivity contribution is -0.137. The normalized spacial score (nSPS) is 18.0. The Morgan fingerprint density at radius 2 is 2.04 bits per heavy atom. The second-order valence-electron chi connectivity index (χ2n) is 6.15. The predicted octanol–water partition coefficient (Wildman–Crippen LogP) is 4.28. The van der Waals surface area contributed by atoms with E-state index in [9.17, 15) is 18.0 Å². The summed E-state index contributed by atoms with van der Waals surface area (Å²) in [4.78, 5) is 15.1. The van der Waals surface area contributed by atoms with Gasteiger partial charge in [0.15, 0.2) is 0 Å². The maximum Gasteiger partial charge on any atom is 0.416 e. The first-order valence-electron chi connectivity index (χ1n) is 7.87. The van der Waals surface area contributed by atoms with Crippen LogP contribution in [0.15, 0.2) is 29.2 Å². The van der Waals surface area contributed by atoms with Gasteiger partial charge >= 0.3 is 6.18 Å². The van der Waals surface area contributed by atoms with E-state index < -0.39 is 11.7 Å². The van der Waals surface area contributed by atoms with Crippen LogP contribution in [0, 0.1) is 6.92 Å². The van der Waals surface area contributed by atoms with E-state index in [0.717, 1.165) is 12.1 Å². The van der Waals surface area contributed by atoms with E-state index in [1.807, 2.05) is 6.92 Å². The third kappa shape index (κ3) is 3.53. The number of carbonyl (C=O) groups is 1. The molecule has 0 N–H and O–H groups in total. The molecule has 1 aliphatic heterocycles. The number of aromatic nitrogens is 2. The number of benzene rings is 1. The molecule has 0 radical (unpaired) electrons. The number of anilines is 1. The largest absolute Gasteiger partial charge is 0.416 e. The number of nitrogens with zero attached hydrogens (tertiary/aromatic N) is 3. The number of amides is 1. The Balaban J connectivity index is 2.09. The van der Waals surface area contributed by atoms with Crippen molar-refractivity contribution in [1.82, 2.24) is 9.78 Å². The first-order valence-corrected chi connectivity index (χ1v) is 8.75. The molecule has 1 unspecified atom stereocenters. The van der Waals surface area contributed by atoms with E-state index in [0.29, 0.717) is 34.9 Å². The minimum absolute atomic E-state index is 0.210. The standard InChI is InChI=1S/C17H18F3N3OS/c1-10-8-14(22(3)21-10)16(24)23-7-6-11(2)25-15-5-4-12(9-13(15)23)17(18,19)20/h4-5,8-9,11H,6-7H2,1-3H3. The van der Waals surface area contributed by atoms with Crippen molar-refractivity contribution in [3.05, 3.63) is 41.2 Å². The monoisotopic (exact) mass is 369 g/mol. The molecule has 3 rings (SSSR count). The molecule has 1 atom stereocenters. The Bertz CT molecular complexity index is 816. The van der Waals surface area contributed by atoms with Crippen molar-refractivity contribution in [3.8, 4) is 0 Å². The average Bonchev–Trinajstić information content (AvgIpc) is 2.76. The van der Waals surface area contributed by atoms with Gasteiger partial charge < -0.3 is 4.90 Å². The van der Waals surface area contributed by atoms with Crippen molar-refractivity contribution in [3.63, 3.8) is 0 Å². The fourth-order valence-electron chi connectivity index (χ4n) is 2.87. The second-order valence-corrected chi connectivity index (χ2v) is 7.63. The molecule has 4 nitrogen and oxygen atoms in total. The number of aryl methyl sites for hydroxylation is 2. The highest BCUT2D eigenvalue weighted by atomic mass is 32.2. The van der Waals surface area contributed by atoms with Gasteiger partial charge in [-0.05, 0) is 37.6 Å². The molecule has 1 aromatic carbocycles. The summed E-state index contributed by atoms with van der Waals surface area (Å²) < 4.78 is 40.9. The first-order chi connectivity index (χ1) is 11.7. The van der Waals surface area contributed by atoms with E-state index in [2.05, 4.69) is 5.10 Å². The Morgan fingerprint density at radius 1 is 1.32 bits per heavy atom. The smallest absolute Gasteiger partial charge is 0.306 e. The van der Waals surface area contributed by atoms with E-state index in [4.69, 9.17) is 0 Å². The van der Waals surface area contributed by atoms with Crippen LogP contribution < -0.4 is 4.90 Å². The molecule has 1 amide bonds. The van der Waals surface area contributed by atoms with E-state index in [1.54, 1.807) is 20.0 Å². The van der Waals surface area contributed by atoms with Crippen LogP contribution in [0.4, 0.5) is 18.9 Å². The van der Waals surface area contributed by atoms with Crippen molar-refractivity contribution in [2.24, 2.45) is 7.05 Å². The first kappa shape index (κ1) is 17.8. The molecule has 1 aromatic heterocycles. The number of thioether (sulfide) groups is 1. The zero-order chi connectivity index (χ0) is 18.4. The van der Waals surface area contributed by atoms with Gasteiger partial charge in [0.2, 0.25) is 0 Å². The molecule has 0 saturated heterocycles. The van der Waals surface area contributed by atoms with Crippen molar-refractivity contribution in [2.45, 2.75) is 36.6 Å². The quantitative estimate of drug-likeness (QED) is 0.753. The summed E-state index contributed by atoms with van der Waals surface area (Å²) in [6, 6.07) is 5.25. The predicted molar refractivity (Wildman–Crippen MR) is 91.0 cm³/mol. The number of hydrogen-bond acceptors (Lipinski definition) is 3. The number of hydrogen-bond donors (Lipinski definition) is 0. The lowest BCUT2D eigenvalue weighted by Gasteiger charge is -2.23. The SMILES string of the molecule is Cc1cc(C(=O)N2CCC(C)Sc3ccc(C(F)(F)F)cc32)n(C)n1. The van der Waals surface area contributed by atoms with Crippen LogP contribution >= 0.6 is 11.8 Å². The lowest BCUT2D eigenvalue weighted by atomic mass is 10.1. The summed E-state index contributed by atoms with van der Waals surface area (Å²) in [5.74, 6) is -0.335. The molecule has 1 aliphatic rings. The molecule has 0 fully saturated rings. The van der Waals surface area contributed by atoms with Crippen molar-refractivity contribution in [1.29, 1.82) is 0 Å². The Hall–Kier alpha value is -1.96. The summed E-state index contributed by atoms with van der Waals surface area (Å²) in [6.07, 6.45) is -3.75. The molecule has 2 aromatic rings. The molecule has 0 saturated carbocycles. The van der Waals surface area contributed by atoms with Gasteiger partial charge in [-0.15, -0.1) is 11.8 Å². The maximum atomic E-state index is 13.1. The van der Waals surface area contributed by atoms with E-state index >= 15 is 0 Å². The van der Waals surface area contributed by atoms with Crippen molar-refractivity contribution in [2.75, 3.05) is 11.4 Å². The summed E-state index contributed by atoms with van der Waals surface area (Å²) in [7, 11) is 1.66. The summed E-state index contributed by atoms with van der Waals surface area (Å²) in [6.45, 7) is 4.15. The van der Waals surface area contributed by atoms with Gasteiger partial charge in [0.05, 0.1) is 16.9 Å². The maximum absolute atomic E-state index is 13.1. The van der Waals surface area contributed by atoms with Gasteiger partial charge in [-0.25, -0.2) is 0 Å². The topological polar surface area (TPSA) is 38.1 Å². The van der Waals surface area contributed by atoms with Gasteiger partial charge in [0, 0.05) is 23.7 Å². The van der Waals surface area contributed by atoms with Crippen LogP contribution in [-0.4, -0.2) is 27.5 Å². The molecular formula is C17H18F3N3OS. The van der Waals surface area contributed by atoms with E-state index in [-0.39, 0.29) is 11.2 Å². The van der Waals surface area contributed by atoms with Gasteiger partial charge in [0.1, 0.15) is 5.69 Å². The third-order valence-electron chi connectivity index (χ3n) is 4.13. The van der Waals surface area contributed by atoms with Gasteiger partial charge in [-0.2, -0.15) is 18.3 Å². The molecule has 134 valence electrons. The van der Waals surface area contributed by atoms with Crippen molar-refractivity contribution >= 4 is 23.4 Å². The minimum Gasteiger partial charge on any atom is -0.306 e. The Morgan fingerprint density at radius 3 is 2.64 bits per heavy atom. The Kier molecular flexibility index (Phi) is 4.57. The summed E-state index contributed by atoms with van der Waals surface area (Å²) in [5.41, 5.74) is 0.613. The number of halogens is 3. The number of rotatable bonds is 1. The molecule has 2 heterocycles. The molecule has 0 spiro atoms. The summed E-state index contributed by atoms with van der Waals surface area (Å²) in [5, 5.41) is 4.37. The zero-order valence-electron chi connectivity index (χ0n) is 14.1. The number of alkyl halides is 3. The lowest BCUT2D eigenvalue weighted by Crippen LogP contribution is -2.33. The van der Waals surface area contributed by atoms with Crippen LogP contribution in [0.2, 0.25) is 0 Å². The molecule has 0 aliphatic carbocycles. The number of carbonyl (C=O) groups excluding carboxylic acids is 1. The van der Waals surface area contributed by atoms with Crippen LogP contribution in [0.1, 0.15) is 35.1 Å². The molecule has 25 heavy (non-hydrogen) atoms. The highest BCUT2D eigenvalue weighted by Gasteiger charge is 2.34.